The van der Waals surface area contributed by atoms with Gasteiger partial charge in [0.25, 0.3) is 0 Å². The highest BCUT2D eigenvalue weighted by Gasteiger charge is 2.24. The lowest BCUT2D eigenvalue weighted by Gasteiger charge is -2.18. The van der Waals surface area contributed by atoms with E-state index < -0.39 is 5.92 Å². The molecule has 1 N–H and O–H groups in total. The van der Waals surface area contributed by atoms with E-state index >= 15 is 0 Å². The third-order valence-corrected chi connectivity index (χ3v) is 3.35. The van der Waals surface area contributed by atoms with Crippen molar-refractivity contribution in [2.24, 2.45) is 0 Å². The fourth-order valence-corrected chi connectivity index (χ4v) is 2.27. The Labute approximate surface area is 125 Å². The first-order chi connectivity index (χ1) is 10.2. The number of nitrogens with one attached hydrogen (secondary N) is 1. The van der Waals surface area contributed by atoms with E-state index in [1.54, 1.807) is 13.3 Å². The van der Waals surface area contributed by atoms with Gasteiger partial charge in [0, 0.05) is 19.9 Å². The number of amides is 1. The highest BCUT2D eigenvalue weighted by molar-refractivity contribution is 5.87. The Hall–Kier alpha value is -2.20. The molecule has 0 fully saturated rings. The van der Waals surface area contributed by atoms with Crippen molar-refractivity contribution in [1.29, 1.82) is 0 Å². The van der Waals surface area contributed by atoms with E-state index in [-0.39, 0.29) is 5.91 Å². The number of hydrogen-bond acceptors (Lipinski definition) is 3. The maximum atomic E-state index is 12.6. The van der Waals surface area contributed by atoms with Gasteiger partial charge in [0.2, 0.25) is 5.91 Å². The molecular formula is C17H20N2O2. The lowest BCUT2D eigenvalue weighted by molar-refractivity contribution is -0.121. The number of rotatable bonds is 6. The molecule has 1 atom stereocenters. The highest BCUT2D eigenvalue weighted by Crippen LogP contribution is 2.25. The summed E-state index contributed by atoms with van der Waals surface area (Å²) in [6.07, 6.45) is 1.71. The lowest BCUT2D eigenvalue weighted by Crippen LogP contribution is -2.33. The first kappa shape index (κ1) is 15.2. The molecule has 0 aliphatic rings. The molecule has 0 aliphatic carbocycles. The van der Waals surface area contributed by atoms with Crippen molar-refractivity contribution in [3.05, 3.63) is 65.5 Å². The number of pyridine rings is 1. The highest BCUT2D eigenvalue weighted by atomic mass is 16.5. The summed E-state index contributed by atoms with van der Waals surface area (Å²) in [5.74, 6) is -0.454. The molecule has 0 saturated heterocycles. The Morgan fingerprint density at radius 1 is 1.24 bits per heavy atom. The topological polar surface area (TPSA) is 51.2 Å². The molecule has 1 aromatic heterocycles. The molecular weight excluding hydrogens is 264 g/mol. The molecule has 4 nitrogen and oxygen atoms in total. The third kappa shape index (κ3) is 3.89. The van der Waals surface area contributed by atoms with Crippen LogP contribution in [0.1, 0.15) is 22.7 Å². The van der Waals surface area contributed by atoms with Crippen LogP contribution in [0, 0.1) is 6.92 Å². The average molecular weight is 284 g/mol. The number of hydrogen-bond donors (Lipinski definition) is 1. The molecule has 1 aromatic carbocycles. The van der Waals surface area contributed by atoms with E-state index in [1.165, 1.54) is 0 Å². The van der Waals surface area contributed by atoms with Crippen LogP contribution in [0.15, 0.2) is 48.7 Å². The van der Waals surface area contributed by atoms with Crippen LogP contribution < -0.4 is 5.32 Å². The van der Waals surface area contributed by atoms with Crippen LogP contribution in [-0.4, -0.2) is 31.2 Å². The Balaban J connectivity index is 2.32. The smallest absolute Gasteiger partial charge is 0.233 e. The number of methoxy groups -OCH3 is 1. The van der Waals surface area contributed by atoms with Crippen molar-refractivity contribution in [3.8, 4) is 0 Å². The molecule has 2 aromatic rings. The van der Waals surface area contributed by atoms with Crippen molar-refractivity contribution in [1.82, 2.24) is 10.3 Å². The monoisotopic (exact) mass is 284 g/mol. The Bertz CT molecular complexity index is 584. The van der Waals surface area contributed by atoms with E-state index in [1.807, 2.05) is 49.4 Å². The maximum Gasteiger partial charge on any atom is 0.233 e. The third-order valence-electron chi connectivity index (χ3n) is 3.35. The van der Waals surface area contributed by atoms with Crippen molar-refractivity contribution in [3.63, 3.8) is 0 Å². The summed E-state index contributed by atoms with van der Waals surface area (Å²) in [4.78, 5) is 16.9. The first-order valence-corrected chi connectivity index (χ1v) is 6.97. The fourth-order valence-electron chi connectivity index (χ4n) is 2.27. The molecule has 2 rings (SSSR count). The molecule has 0 aliphatic heterocycles. The summed E-state index contributed by atoms with van der Waals surface area (Å²) in [6.45, 7) is 2.99. The van der Waals surface area contributed by atoms with Gasteiger partial charge in [-0.2, -0.15) is 0 Å². The van der Waals surface area contributed by atoms with Crippen molar-refractivity contribution in [2.75, 3.05) is 20.3 Å². The summed E-state index contributed by atoms with van der Waals surface area (Å²) in [5.41, 5.74) is 2.81. The van der Waals surface area contributed by atoms with Gasteiger partial charge in [0.05, 0.1) is 12.3 Å². The number of benzene rings is 1. The second-order valence-electron chi connectivity index (χ2n) is 4.83. The maximum absolute atomic E-state index is 12.6. The fraction of sp³-hybridized carbons (Fsp3) is 0.294. The number of nitrogens with zero attached hydrogens (tertiary/aromatic N) is 1. The first-order valence-electron chi connectivity index (χ1n) is 6.97. The molecule has 1 unspecified atom stereocenters. The molecule has 21 heavy (non-hydrogen) atoms. The minimum Gasteiger partial charge on any atom is -0.383 e. The average Bonchev–Trinajstić information content (AvgIpc) is 2.51. The zero-order valence-electron chi connectivity index (χ0n) is 12.4. The lowest BCUT2D eigenvalue weighted by atomic mass is 9.91. The molecule has 1 heterocycles. The predicted molar refractivity (Wildman–Crippen MR) is 82.1 cm³/mol. The van der Waals surface area contributed by atoms with Gasteiger partial charge in [-0.25, -0.2) is 0 Å². The normalized spacial score (nSPS) is 11.9. The quantitative estimate of drug-likeness (QED) is 0.828. The number of carbonyl (C=O) groups is 1. The largest absolute Gasteiger partial charge is 0.383 e. The second kappa shape index (κ2) is 7.55. The molecule has 0 radical (unpaired) electrons. The van der Waals surface area contributed by atoms with Gasteiger partial charge in [-0.05, 0) is 30.2 Å². The van der Waals surface area contributed by atoms with E-state index in [2.05, 4.69) is 10.3 Å². The van der Waals surface area contributed by atoms with Gasteiger partial charge in [0.15, 0.2) is 0 Å². The summed E-state index contributed by atoms with van der Waals surface area (Å²) in [5, 5.41) is 2.90. The molecule has 4 heteroatoms. The van der Waals surface area contributed by atoms with E-state index in [4.69, 9.17) is 4.74 Å². The summed E-state index contributed by atoms with van der Waals surface area (Å²) in [7, 11) is 1.61. The molecule has 0 spiro atoms. The number of ether oxygens (including phenoxy) is 1. The predicted octanol–water partition coefficient (Wildman–Crippen LogP) is 2.28. The number of aryl methyl sites for hydroxylation is 1. The van der Waals surface area contributed by atoms with Gasteiger partial charge >= 0.3 is 0 Å². The van der Waals surface area contributed by atoms with Crippen LogP contribution >= 0.6 is 0 Å². The van der Waals surface area contributed by atoms with E-state index in [9.17, 15) is 4.79 Å². The van der Waals surface area contributed by atoms with Crippen LogP contribution in [-0.2, 0) is 9.53 Å². The van der Waals surface area contributed by atoms with Gasteiger partial charge in [0.1, 0.15) is 5.92 Å². The van der Waals surface area contributed by atoms with Crippen LogP contribution in [0.5, 0.6) is 0 Å². The van der Waals surface area contributed by atoms with Crippen molar-refractivity contribution in [2.45, 2.75) is 12.8 Å². The zero-order valence-corrected chi connectivity index (χ0v) is 12.4. The zero-order chi connectivity index (χ0) is 15.1. The number of aromatic nitrogens is 1. The van der Waals surface area contributed by atoms with E-state index in [0.29, 0.717) is 13.2 Å². The van der Waals surface area contributed by atoms with Crippen molar-refractivity contribution < 1.29 is 9.53 Å². The van der Waals surface area contributed by atoms with Gasteiger partial charge in [-0.15, -0.1) is 0 Å². The minimum atomic E-state index is -0.399. The van der Waals surface area contributed by atoms with Crippen LogP contribution in [0.3, 0.4) is 0 Å². The van der Waals surface area contributed by atoms with Gasteiger partial charge in [-0.3, -0.25) is 9.78 Å². The Morgan fingerprint density at radius 3 is 2.67 bits per heavy atom. The van der Waals surface area contributed by atoms with Gasteiger partial charge < -0.3 is 10.1 Å². The van der Waals surface area contributed by atoms with Gasteiger partial charge in [-0.1, -0.05) is 30.3 Å². The van der Waals surface area contributed by atoms with Crippen LogP contribution in [0.4, 0.5) is 0 Å². The van der Waals surface area contributed by atoms with E-state index in [0.717, 1.165) is 16.8 Å². The summed E-state index contributed by atoms with van der Waals surface area (Å²) < 4.78 is 4.98. The second-order valence-corrected chi connectivity index (χ2v) is 4.83. The number of carbonyl (C=O) groups excluding carboxylic acids is 1. The van der Waals surface area contributed by atoms with Crippen molar-refractivity contribution >= 4 is 5.91 Å². The molecule has 1 amide bonds. The Morgan fingerprint density at radius 2 is 2.00 bits per heavy atom. The molecule has 0 saturated carbocycles. The summed E-state index contributed by atoms with van der Waals surface area (Å²) >= 11 is 0. The summed E-state index contributed by atoms with van der Waals surface area (Å²) in [6, 6.07) is 13.5. The standard InChI is InChI=1S/C17H20N2O2/c1-13-7-3-4-8-14(13)16(15-9-5-6-10-18-15)17(20)19-11-12-21-2/h3-10,16H,11-12H2,1-2H3,(H,19,20). The van der Waals surface area contributed by atoms with Crippen LogP contribution in [0.25, 0.3) is 0 Å². The molecule has 110 valence electrons. The minimum absolute atomic E-state index is 0.0555. The SMILES string of the molecule is COCCNC(=O)C(c1ccccn1)c1ccccc1C. The Kier molecular flexibility index (Phi) is 5.46. The molecule has 0 bridgehead atoms. The van der Waals surface area contributed by atoms with Crippen LogP contribution in [0.2, 0.25) is 0 Å².